The summed E-state index contributed by atoms with van der Waals surface area (Å²) >= 11 is 0. The topological polar surface area (TPSA) is 29.5 Å². The lowest BCUT2D eigenvalue weighted by Crippen LogP contribution is -2.40. The van der Waals surface area contributed by atoms with Crippen LogP contribution in [0.3, 0.4) is 0 Å². The summed E-state index contributed by atoms with van der Waals surface area (Å²) in [4.78, 5) is 14.1. The zero-order valence-electron chi connectivity index (χ0n) is 12.1. The minimum absolute atomic E-state index is 0.0843. The smallest absolute Gasteiger partial charge is 0.223 e. The highest BCUT2D eigenvalue weighted by molar-refractivity contribution is 5.76. The van der Waals surface area contributed by atoms with Crippen molar-refractivity contribution in [2.75, 3.05) is 26.3 Å². The molecule has 0 aromatic heterocycles. The molecule has 1 rings (SSSR count). The average molecular weight is 253 g/mol. The molecule has 1 amide bonds. The van der Waals surface area contributed by atoms with Gasteiger partial charge < -0.3 is 9.64 Å². The van der Waals surface area contributed by atoms with E-state index in [0.29, 0.717) is 24.9 Å². The zero-order valence-corrected chi connectivity index (χ0v) is 12.1. The van der Waals surface area contributed by atoms with Crippen LogP contribution in [0.25, 0.3) is 0 Å². The number of piperidine rings is 1. The van der Waals surface area contributed by atoms with Gasteiger partial charge in [-0.3, -0.25) is 4.79 Å². The van der Waals surface area contributed by atoms with Crippen molar-refractivity contribution in [2.24, 2.45) is 11.3 Å². The Kier molecular flexibility index (Phi) is 5.86. The average Bonchev–Trinajstić information content (AvgIpc) is 2.28. The Hall–Kier alpha value is -0.830. The number of ether oxygens (including phenoxy) is 1. The molecule has 0 radical (unpaired) electrons. The molecule has 3 nitrogen and oxygen atoms in total. The van der Waals surface area contributed by atoms with E-state index in [0.717, 1.165) is 32.5 Å². The van der Waals surface area contributed by atoms with Gasteiger partial charge >= 0.3 is 0 Å². The maximum atomic E-state index is 12.1. The molecule has 1 aliphatic rings. The number of carbonyl (C=O) groups is 1. The summed E-state index contributed by atoms with van der Waals surface area (Å²) in [5.41, 5.74) is 0.0843. The third-order valence-electron chi connectivity index (χ3n) is 3.24. The maximum Gasteiger partial charge on any atom is 0.223 e. The first-order valence-corrected chi connectivity index (χ1v) is 6.89. The molecule has 1 aliphatic heterocycles. The third-order valence-corrected chi connectivity index (χ3v) is 3.24. The number of nitrogens with zero attached hydrogens (tertiary/aromatic N) is 1. The van der Waals surface area contributed by atoms with Crippen LogP contribution < -0.4 is 0 Å². The molecule has 0 spiro atoms. The van der Waals surface area contributed by atoms with Crippen molar-refractivity contribution in [3.63, 3.8) is 0 Å². The molecule has 0 aliphatic carbocycles. The standard InChI is InChI=1S/C15H27NO2/c1-5-10-18-12-13-6-8-16(9-7-13)14(17)11-15(2,3)4/h5,13H,1,6-12H2,2-4H3. The molecule has 0 aromatic rings. The van der Waals surface area contributed by atoms with Gasteiger partial charge in [0.25, 0.3) is 0 Å². The molecule has 3 heteroatoms. The predicted molar refractivity (Wildman–Crippen MR) is 74.4 cm³/mol. The summed E-state index contributed by atoms with van der Waals surface area (Å²) in [6, 6.07) is 0. The first kappa shape index (κ1) is 15.2. The molecule has 1 heterocycles. The van der Waals surface area contributed by atoms with Gasteiger partial charge in [-0.25, -0.2) is 0 Å². The van der Waals surface area contributed by atoms with E-state index < -0.39 is 0 Å². The Bertz CT molecular complexity index is 273. The minimum atomic E-state index is 0.0843. The number of likely N-dealkylation sites (tertiary alicyclic amines) is 1. The fraction of sp³-hybridized carbons (Fsp3) is 0.800. The van der Waals surface area contributed by atoms with Crippen LogP contribution in [0.5, 0.6) is 0 Å². The first-order valence-electron chi connectivity index (χ1n) is 6.89. The molecular weight excluding hydrogens is 226 g/mol. The highest BCUT2D eigenvalue weighted by atomic mass is 16.5. The van der Waals surface area contributed by atoms with Crippen molar-refractivity contribution in [3.05, 3.63) is 12.7 Å². The van der Waals surface area contributed by atoms with E-state index in [1.807, 2.05) is 4.90 Å². The van der Waals surface area contributed by atoms with Crippen molar-refractivity contribution in [1.29, 1.82) is 0 Å². The van der Waals surface area contributed by atoms with Gasteiger partial charge in [0.15, 0.2) is 0 Å². The van der Waals surface area contributed by atoms with Gasteiger partial charge in [0.2, 0.25) is 5.91 Å². The van der Waals surface area contributed by atoms with E-state index in [2.05, 4.69) is 27.4 Å². The molecule has 0 N–H and O–H groups in total. The number of amides is 1. The van der Waals surface area contributed by atoms with Crippen LogP contribution >= 0.6 is 0 Å². The van der Waals surface area contributed by atoms with Gasteiger partial charge in [-0.2, -0.15) is 0 Å². The van der Waals surface area contributed by atoms with Gasteiger partial charge in [-0.1, -0.05) is 26.8 Å². The highest BCUT2D eigenvalue weighted by Crippen LogP contribution is 2.23. The van der Waals surface area contributed by atoms with E-state index in [9.17, 15) is 4.79 Å². The molecule has 104 valence electrons. The molecule has 18 heavy (non-hydrogen) atoms. The summed E-state index contributed by atoms with van der Waals surface area (Å²) in [5.74, 6) is 0.900. The second kappa shape index (κ2) is 6.93. The molecule has 0 saturated carbocycles. The lowest BCUT2D eigenvalue weighted by molar-refractivity contribution is -0.134. The summed E-state index contributed by atoms with van der Waals surface area (Å²) in [6.07, 6.45) is 4.55. The van der Waals surface area contributed by atoms with Crippen molar-refractivity contribution in [3.8, 4) is 0 Å². The van der Waals surface area contributed by atoms with Gasteiger partial charge in [0, 0.05) is 26.1 Å². The molecule has 1 fully saturated rings. The Labute approximate surface area is 111 Å². The van der Waals surface area contributed by atoms with E-state index in [1.165, 1.54) is 0 Å². The van der Waals surface area contributed by atoms with Gasteiger partial charge in [-0.05, 0) is 24.2 Å². The largest absolute Gasteiger partial charge is 0.377 e. The quantitative estimate of drug-likeness (QED) is 0.557. The SMILES string of the molecule is C=CCOCC1CCN(C(=O)CC(C)(C)C)CC1. The summed E-state index contributed by atoms with van der Waals surface area (Å²) in [5, 5.41) is 0. The highest BCUT2D eigenvalue weighted by Gasteiger charge is 2.25. The first-order chi connectivity index (χ1) is 8.42. The maximum absolute atomic E-state index is 12.1. The number of hydrogen-bond acceptors (Lipinski definition) is 2. The fourth-order valence-electron chi connectivity index (χ4n) is 2.23. The predicted octanol–water partition coefficient (Wildman–Crippen LogP) is 2.86. The van der Waals surface area contributed by atoms with Crippen molar-refractivity contribution < 1.29 is 9.53 Å². The van der Waals surface area contributed by atoms with Gasteiger partial charge in [0.05, 0.1) is 6.61 Å². The lowest BCUT2D eigenvalue weighted by atomic mass is 9.90. The van der Waals surface area contributed by atoms with Crippen LogP contribution in [0.15, 0.2) is 12.7 Å². The Morgan fingerprint density at radius 1 is 1.39 bits per heavy atom. The second-order valence-electron chi connectivity index (χ2n) is 6.39. The fourth-order valence-corrected chi connectivity index (χ4v) is 2.23. The van der Waals surface area contributed by atoms with E-state index in [4.69, 9.17) is 4.74 Å². The van der Waals surface area contributed by atoms with Gasteiger partial charge in [0.1, 0.15) is 0 Å². The Morgan fingerprint density at radius 3 is 2.50 bits per heavy atom. The Morgan fingerprint density at radius 2 is 2.00 bits per heavy atom. The number of rotatable bonds is 5. The van der Waals surface area contributed by atoms with Crippen molar-refractivity contribution in [1.82, 2.24) is 4.90 Å². The van der Waals surface area contributed by atoms with Crippen LogP contribution in [-0.4, -0.2) is 37.1 Å². The van der Waals surface area contributed by atoms with E-state index >= 15 is 0 Å². The monoisotopic (exact) mass is 253 g/mol. The molecule has 1 saturated heterocycles. The third kappa shape index (κ3) is 5.67. The second-order valence-corrected chi connectivity index (χ2v) is 6.39. The number of hydrogen-bond donors (Lipinski definition) is 0. The zero-order chi connectivity index (χ0) is 13.6. The van der Waals surface area contributed by atoms with Crippen molar-refractivity contribution >= 4 is 5.91 Å². The molecule has 0 unspecified atom stereocenters. The lowest BCUT2D eigenvalue weighted by Gasteiger charge is -2.33. The minimum Gasteiger partial charge on any atom is -0.377 e. The van der Waals surface area contributed by atoms with Crippen LogP contribution in [-0.2, 0) is 9.53 Å². The summed E-state index contributed by atoms with van der Waals surface area (Å²) in [7, 11) is 0. The summed E-state index contributed by atoms with van der Waals surface area (Å²) < 4.78 is 5.48. The molecule has 0 atom stereocenters. The number of carbonyl (C=O) groups excluding carboxylic acids is 1. The van der Waals surface area contributed by atoms with Gasteiger partial charge in [-0.15, -0.1) is 6.58 Å². The Balaban J connectivity index is 2.26. The molecule has 0 bridgehead atoms. The van der Waals surface area contributed by atoms with Crippen LogP contribution in [0, 0.1) is 11.3 Å². The summed E-state index contributed by atoms with van der Waals surface area (Å²) in [6.45, 7) is 13.2. The molecule has 0 aromatic carbocycles. The molecular formula is C15H27NO2. The van der Waals surface area contributed by atoms with E-state index in [-0.39, 0.29) is 5.41 Å². The van der Waals surface area contributed by atoms with Crippen LogP contribution in [0.2, 0.25) is 0 Å². The van der Waals surface area contributed by atoms with E-state index in [1.54, 1.807) is 6.08 Å². The van der Waals surface area contributed by atoms with Crippen LogP contribution in [0.1, 0.15) is 40.0 Å². The van der Waals surface area contributed by atoms with Crippen molar-refractivity contribution in [2.45, 2.75) is 40.0 Å². The normalized spacial score (nSPS) is 17.8. The van der Waals surface area contributed by atoms with Crippen LogP contribution in [0.4, 0.5) is 0 Å².